The number of aryl methyl sites for hydroxylation is 2. The van der Waals surface area contributed by atoms with Crippen LogP contribution in [0.1, 0.15) is 29.8 Å². The molecular weight excluding hydrogens is 218 g/mol. The van der Waals surface area contributed by atoms with Gasteiger partial charge in [0.15, 0.2) is 0 Å². The first-order valence-corrected chi connectivity index (χ1v) is 6.42. The fraction of sp³-hybridized carbons (Fsp3) is 0.417. The average molecular weight is 235 g/mol. The molecule has 2 rings (SSSR count). The van der Waals surface area contributed by atoms with Crippen molar-refractivity contribution in [1.82, 2.24) is 15.1 Å². The molecule has 0 amide bonds. The zero-order valence-corrected chi connectivity index (χ0v) is 10.7. The lowest BCUT2D eigenvalue weighted by Crippen LogP contribution is -2.17. The van der Waals surface area contributed by atoms with Crippen molar-refractivity contribution < 1.29 is 0 Å². The lowest BCUT2D eigenvalue weighted by Gasteiger charge is -2.14. The fourth-order valence-corrected chi connectivity index (χ4v) is 2.70. The summed E-state index contributed by atoms with van der Waals surface area (Å²) in [6.45, 7) is 2.15. The molecule has 2 aromatic heterocycles. The number of rotatable bonds is 4. The van der Waals surface area contributed by atoms with Crippen LogP contribution in [0.2, 0.25) is 0 Å². The zero-order valence-electron chi connectivity index (χ0n) is 9.90. The van der Waals surface area contributed by atoms with Gasteiger partial charge in [-0.15, -0.1) is 0 Å². The van der Waals surface area contributed by atoms with Crippen LogP contribution in [0.15, 0.2) is 23.0 Å². The van der Waals surface area contributed by atoms with E-state index in [0.717, 1.165) is 6.42 Å². The van der Waals surface area contributed by atoms with Crippen LogP contribution in [0.5, 0.6) is 0 Å². The first-order chi connectivity index (χ1) is 7.76. The molecule has 0 aliphatic rings. The van der Waals surface area contributed by atoms with E-state index in [2.05, 4.69) is 40.4 Å². The number of hydrogen-bond acceptors (Lipinski definition) is 3. The van der Waals surface area contributed by atoms with E-state index in [1.165, 1.54) is 16.8 Å². The van der Waals surface area contributed by atoms with Crippen molar-refractivity contribution in [2.75, 3.05) is 7.05 Å². The minimum Gasteiger partial charge on any atom is -0.309 e. The normalized spacial score (nSPS) is 12.9. The summed E-state index contributed by atoms with van der Waals surface area (Å²) in [6.07, 6.45) is 3.08. The van der Waals surface area contributed by atoms with Crippen molar-refractivity contribution in [1.29, 1.82) is 0 Å². The summed E-state index contributed by atoms with van der Waals surface area (Å²) < 4.78 is 1.89. The summed E-state index contributed by atoms with van der Waals surface area (Å²) in [6, 6.07) is 2.42. The first kappa shape index (κ1) is 11.4. The van der Waals surface area contributed by atoms with Gasteiger partial charge in [0, 0.05) is 18.8 Å². The summed E-state index contributed by atoms with van der Waals surface area (Å²) in [5.41, 5.74) is 3.77. The molecule has 86 valence electrons. The second-order valence-corrected chi connectivity index (χ2v) is 4.62. The smallest absolute Gasteiger partial charge is 0.0673 e. The molecule has 2 aromatic rings. The molecule has 1 unspecified atom stereocenters. The Morgan fingerprint density at radius 3 is 2.94 bits per heavy atom. The maximum absolute atomic E-state index is 4.49. The van der Waals surface area contributed by atoms with Gasteiger partial charge in [-0.1, -0.05) is 6.92 Å². The molecule has 3 nitrogen and oxygen atoms in total. The van der Waals surface area contributed by atoms with Crippen molar-refractivity contribution in [3.63, 3.8) is 0 Å². The van der Waals surface area contributed by atoms with Gasteiger partial charge in [0.2, 0.25) is 0 Å². The van der Waals surface area contributed by atoms with E-state index in [1.54, 1.807) is 11.3 Å². The molecule has 0 aliphatic carbocycles. The van der Waals surface area contributed by atoms with Crippen LogP contribution in [-0.2, 0) is 13.5 Å². The molecular formula is C12H17N3S. The molecule has 4 heteroatoms. The largest absolute Gasteiger partial charge is 0.309 e. The summed E-state index contributed by atoms with van der Waals surface area (Å²) in [5, 5.41) is 12.2. The van der Waals surface area contributed by atoms with Crippen molar-refractivity contribution in [2.24, 2.45) is 7.05 Å². The molecule has 0 saturated carbocycles. The highest BCUT2D eigenvalue weighted by atomic mass is 32.1. The van der Waals surface area contributed by atoms with E-state index in [4.69, 9.17) is 0 Å². The first-order valence-electron chi connectivity index (χ1n) is 5.48. The van der Waals surface area contributed by atoms with Crippen LogP contribution in [0.4, 0.5) is 0 Å². The van der Waals surface area contributed by atoms with Gasteiger partial charge in [-0.3, -0.25) is 4.68 Å². The summed E-state index contributed by atoms with van der Waals surface area (Å²) in [5.74, 6) is 0. The summed E-state index contributed by atoms with van der Waals surface area (Å²) >= 11 is 1.73. The van der Waals surface area contributed by atoms with E-state index in [9.17, 15) is 0 Å². The number of nitrogens with one attached hydrogen (secondary N) is 1. The zero-order chi connectivity index (χ0) is 11.5. The summed E-state index contributed by atoms with van der Waals surface area (Å²) in [4.78, 5) is 0. The number of hydrogen-bond donors (Lipinski definition) is 1. The second kappa shape index (κ2) is 4.80. The number of nitrogens with zero attached hydrogens (tertiary/aromatic N) is 2. The fourth-order valence-electron chi connectivity index (χ4n) is 2.01. The molecule has 0 radical (unpaired) electrons. The van der Waals surface area contributed by atoms with Crippen molar-refractivity contribution in [2.45, 2.75) is 19.4 Å². The Hall–Kier alpha value is -1.13. The lowest BCUT2D eigenvalue weighted by molar-refractivity contribution is 0.686. The van der Waals surface area contributed by atoms with E-state index >= 15 is 0 Å². The number of thiophene rings is 1. The SMILES string of the molecule is CCc1nn(C)cc1C(NC)c1ccsc1. The van der Waals surface area contributed by atoms with Gasteiger partial charge >= 0.3 is 0 Å². The van der Waals surface area contributed by atoms with Crippen LogP contribution in [0, 0.1) is 0 Å². The maximum atomic E-state index is 4.49. The molecule has 0 fully saturated rings. The Balaban J connectivity index is 2.40. The quantitative estimate of drug-likeness (QED) is 0.881. The topological polar surface area (TPSA) is 29.9 Å². The Kier molecular flexibility index (Phi) is 3.41. The van der Waals surface area contributed by atoms with Crippen LogP contribution >= 0.6 is 11.3 Å². The highest BCUT2D eigenvalue weighted by Gasteiger charge is 2.18. The van der Waals surface area contributed by atoms with E-state index in [-0.39, 0.29) is 6.04 Å². The Morgan fingerprint density at radius 2 is 2.38 bits per heavy atom. The molecule has 0 aromatic carbocycles. The van der Waals surface area contributed by atoms with Crippen LogP contribution in [-0.4, -0.2) is 16.8 Å². The highest BCUT2D eigenvalue weighted by molar-refractivity contribution is 7.08. The van der Waals surface area contributed by atoms with Crippen molar-refractivity contribution in [3.05, 3.63) is 39.8 Å². The third-order valence-electron chi connectivity index (χ3n) is 2.75. The van der Waals surface area contributed by atoms with E-state index in [0.29, 0.717) is 0 Å². The van der Waals surface area contributed by atoms with Gasteiger partial charge in [0.25, 0.3) is 0 Å². The monoisotopic (exact) mass is 235 g/mol. The second-order valence-electron chi connectivity index (χ2n) is 3.84. The van der Waals surface area contributed by atoms with Crippen LogP contribution in [0.3, 0.4) is 0 Å². The van der Waals surface area contributed by atoms with Gasteiger partial charge < -0.3 is 5.32 Å². The van der Waals surface area contributed by atoms with Gasteiger partial charge in [0.05, 0.1) is 11.7 Å². The van der Waals surface area contributed by atoms with Gasteiger partial charge in [-0.25, -0.2) is 0 Å². The predicted molar refractivity (Wildman–Crippen MR) is 67.8 cm³/mol. The van der Waals surface area contributed by atoms with Crippen LogP contribution < -0.4 is 5.32 Å². The molecule has 1 atom stereocenters. The Labute approximate surface area is 100 Å². The van der Waals surface area contributed by atoms with Gasteiger partial charge in [0.1, 0.15) is 0 Å². The minimum atomic E-state index is 0.259. The molecule has 0 saturated heterocycles. The Bertz CT molecular complexity index is 445. The average Bonchev–Trinajstić information content (AvgIpc) is 2.89. The molecule has 0 aliphatic heterocycles. The van der Waals surface area contributed by atoms with Crippen molar-refractivity contribution >= 4 is 11.3 Å². The van der Waals surface area contributed by atoms with Gasteiger partial charge in [-0.05, 0) is 35.9 Å². The molecule has 1 N–H and O–H groups in total. The minimum absolute atomic E-state index is 0.259. The predicted octanol–water partition coefficient (Wildman–Crippen LogP) is 2.35. The standard InChI is InChI=1S/C12H17N3S/c1-4-11-10(7-15(3)14-11)12(13-2)9-5-6-16-8-9/h5-8,12-13H,4H2,1-3H3. The third-order valence-corrected chi connectivity index (χ3v) is 3.45. The molecule has 16 heavy (non-hydrogen) atoms. The molecule has 2 heterocycles. The van der Waals surface area contributed by atoms with E-state index in [1.807, 2.05) is 18.8 Å². The maximum Gasteiger partial charge on any atom is 0.0673 e. The lowest BCUT2D eigenvalue weighted by atomic mass is 10.0. The summed E-state index contributed by atoms with van der Waals surface area (Å²) in [7, 11) is 3.97. The van der Waals surface area contributed by atoms with Gasteiger partial charge in [-0.2, -0.15) is 16.4 Å². The highest BCUT2D eigenvalue weighted by Crippen LogP contribution is 2.26. The third kappa shape index (κ3) is 2.03. The Morgan fingerprint density at radius 1 is 1.56 bits per heavy atom. The van der Waals surface area contributed by atoms with Crippen molar-refractivity contribution in [3.8, 4) is 0 Å². The van der Waals surface area contributed by atoms with E-state index < -0.39 is 0 Å². The molecule has 0 bridgehead atoms. The van der Waals surface area contributed by atoms with Crippen LogP contribution in [0.25, 0.3) is 0 Å². The molecule has 0 spiro atoms. The number of aromatic nitrogens is 2.